The summed E-state index contributed by atoms with van der Waals surface area (Å²) in [7, 11) is 0. The summed E-state index contributed by atoms with van der Waals surface area (Å²) in [5.74, 6) is 0.274. The molecule has 20 heavy (non-hydrogen) atoms. The molecule has 6 heteroatoms. The van der Waals surface area contributed by atoms with E-state index in [1.165, 1.54) is 6.07 Å². The van der Waals surface area contributed by atoms with Crippen molar-refractivity contribution in [3.8, 4) is 0 Å². The molecule has 0 radical (unpaired) electrons. The third-order valence-electron chi connectivity index (χ3n) is 3.65. The number of nitro benzene ring substituents is 1. The minimum atomic E-state index is -0.425. The normalized spacial score (nSPS) is 18.0. The molecule has 0 aliphatic carbocycles. The first-order valence-corrected chi connectivity index (χ1v) is 6.73. The molecule has 2 rings (SSSR count). The van der Waals surface area contributed by atoms with Gasteiger partial charge in [-0.2, -0.15) is 0 Å². The number of hydrogen-bond donors (Lipinski definition) is 2. The molecule has 0 saturated carbocycles. The predicted molar refractivity (Wildman–Crippen MR) is 76.8 cm³/mol. The van der Waals surface area contributed by atoms with Gasteiger partial charge in [0.1, 0.15) is 0 Å². The molecule has 1 saturated heterocycles. The maximum atomic E-state index is 12.0. The van der Waals surface area contributed by atoms with E-state index in [1.807, 2.05) is 6.92 Å². The molecule has 108 valence electrons. The van der Waals surface area contributed by atoms with Crippen LogP contribution in [0.5, 0.6) is 0 Å². The lowest BCUT2D eigenvalue weighted by Gasteiger charge is -2.12. The van der Waals surface area contributed by atoms with E-state index in [0.717, 1.165) is 25.1 Å². The van der Waals surface area contributed by atoms with Crippen molar-refractivity contribution in [3.05, 3.63) is 33.4 Å². The second kappa shape index (κ2) is 6.00. The summed E-state index contributed by atoms with van der Waals surface area (Å²) in [5.41, 5.74) is 2.00. The van der Waals surface area contributed by atoms with Crippen LogP contribution in [-0.4, -0.2) is 23.9 Å². The Labute approximate surface area is 117 Å². The molecule has 1 aliphatic rings. The molecule has 0 bridgehead atoms. The lowest BCUT2D eigenvalue weighted by molar-refractivity contribution is -0.385. The number of benzene rings is 1. The zero-order valence-electron chi connectivity index (χ0n) is 11.7. The average Bonchev–Trinajstić information content (AvgIpc) is 2.84. The summed E-state index contributed by atoms with van der Waals surface area (Å²) in [6.45, 7) is 5.35. The maximum absolute atomic E-state index is 12.0. The number of aryl methyl sites for hydroxylation is 2. The molecule has 2 N–H and O–H groups in total. The van der Waals surface area contributed by atoms with Crippen molar-refractivity contribution >= 4 is 17.3 Å². The van der Waals surface area contributed by atoms with Crippen molar-refractivity contribution in [2.75, 3.05) is 18.4 Å². The number of carbonyl (C=O) groups is 1. The van der Waals surface area contributed by atoms with E-state index in [2.05, 4.69) is 10.6 Å². The fraction of sp³-hybridized carbons (Fsp3) is 0.500. The number of nitrogens with one attached hydrogen (secondary N) is 2. The molecule has 1 aromatic carbocycles. The van der Waals surface area contributed by atoms with Crippen LogP contribution in [0.2, 0.25) is 0 Å². The highest BCUT2D eigenvalue weighted by Crippen LogP contribution is 2.26. The standard InChI is InChI=1S/C14H19N3O3/c1-9-5-10(2)13(17(19)20)7-12(9)16-14(18)6-11-3-4-15-8-11/h5,7,11,15H,3-4,6,8H2,1-2H3,(H,16,18). The van der Waals surface area contributed by atoms with Crippen molar-refractivity contribution in [2.24, 2.45) is 5.92 Å². The van der Waals surface area contributed by atoms with E-state index in [-0.39, 0.29) is 11.6 Å². The van der Waals surface area contributed by atoms with Crippen molar-refractivity contribution in [2.45, 2.75) is 26.7 Å². The minimum Gasteiger partial charge on any atom is -0.326 e. The van der Waals surface area contributed by atoms with Gasteiger partial charge in [-0.15, -0.1) is 0 Å². The molecular weight excluding hydrogens is 258 g/mol. The monoisotopic (exact) mass is 277 g/mol. The Morgan fingerprint density at radius 2 is 2.20 bits per heavy atom. The molecule has 1 fully saturated rings. The van der Waals surface area contributed by atoms with E-state index in [0.29, 0.717) is 23.6 Å². The van der Waals surface area contributed by atoms with Crippen LogP contribution in [0, 0.1) is 29.9 Å². The number of rotatable bonds is 4. The van der Waals surface area contributed by atoms with E-state index in [4.69, 9.17) is 0 Å². The van der Waals surface area contributed by atoms with Gasteiger partial charge in [0, 0.05) is 18.1 Å². The van der Waals surface area contributed by atoms with Gasteiger partial charge in [-0.1, -0.05) is 0 Å². The van der Waals surface area contributed by atoms with Crippen molar-refractivity contribution in [1.82, 2.24) is 5.32 Å². The van der Waals surface area contributed by atoms with Crippen LogP contribution in [0.25, 0.3) is 0 Å². The Hall–Kier alpha value is -1.95. The van der Waals surface area contributed by atoms with Gasteiger partial charge in [-0.05, 0) is 50.9 Å². The van der Waals surface area contributed by atoms with E-state index >= 15 is 0 Å². The van der Waals surface area contributed by atoms with Gasteiger partial charge in [-0.3, -0.25) is 14.9 Å². The molecule has 0 aromatic heterocycles. The van der Waals surface area contributed by atoms with Gasteiger partial charge in [0.05, 0.1) is 10.6 Å². The quantitative estimate of drug-likeness (QED) is 0.652. The number of hydrogen-bond acceptors (Lipinski definition) is 4. The summed E-state index contributed by atoms with van der Waals surface area (Å²) in [6.07, 6.45) is 1.45. The molecular formula is C14H19N3O3. The number of nitrogens with zero attached hydrogens (tertiary/aromatic N) is 1. The van der Waals surface area contributed by atoms with Gasteiger partial charge in [0.25, 0.3) is 5.69 Å². The lowest BCUT2D eigenvalue weighted by Crippen LogP contribution is -2.19. The van der Waals surface area contributed by atoms with Crippen LogP contribution in [0.1, 0.15) is 24.0 Å². The van der Waals surface area contributed by atoms with Gasteiger partial charge in [0.15, 0.2) is 0 Å². The Morgan fingerprint density at radius 3 is 2.80 bits per heavy atom. The predicted octanol–water partition coefficient (Wildman–Crippen LogP) is 2.15. The Balaban J connectivity index is 2.09. The number of anilines is 1. The van der Waals surface area contributed by atoms with Crippen LogP contribution < -0.4 is 10.6 Å². The summed E-state index contributed by atoms with van der Waals surface area (Å²) in [4.78, 5) is 22.5. The molecule has 1 atom stereocenters. The van der Waals surface area contributed by atoms with Gasteiger partial charge in [-0.25, -0.2) is 0 Å². The van der Waals surface area contributed by atoms with Crippen LogP contribution in [0.4, 0.5) is 11.4 Å². The van der Waals surface area contributed by atoms with Crippen LogP contribution >= 0.6 is 0 Å². The fourth-order valence-electron chi connectivity index (χ4n) is 2.52. The van der Waals surface area contributed by atoms with Crippen LogP contribution in [-0.2, 0) is 4.79 Å². The molecule has 1 aromatic rings. The second-order valence-corrected chi connectivity index (χ2v) is 5.32. The lowest BCUT2D eigenvalue weighted by atomic mass is 10.0. The maximum Gasteiger partial charge on any atom is 0.274 e. The zero-order chi connectivity index (χ0) is 14.7. The van der Waals surface area contributed by atoms with Crippen molar-refractivity contribution in [3.63, 3.8) is 0 Å². The average molecular weight is 277 g/mol. The molecule has 1 unspecified atom stereocenters. The van der Waals surface area contributed by atoms with E-state index < -0.39 is 4.92 Å². The first kappa shape index (κ1) is 14.5. The Bertz CT molecular complexity index is 537. The third kappa shape index (κ3) is 3.33. The van der Waals surface area contributed by atoms with Gasteiger partial charge >= 0.3 is 0 Å². The Kier molecular flexibility index (Phi) is 4.34. The summed E-state index contributed by atoms with van der Waals surface area (Å²) < 4.78 is 0. The largest absolute Gasteiger partial charge is 0.326 e. The van der Waals surface area contributed by atoms with Crippen molar-refractivity contribution in [1.29, 1.82) is 0 Å². The SMILES string of the molecule is Cc1cc(C)c([N+](=O)[O-])cc1NC(=O)CC1CCNC1. The third-order valence-corrected chi connectivity index (χ3v) is 3.65. The van der Waals surface area contributed by atoms with Gasteiger partial charge in [0.2, 0.25) is 5.91 Å². The highest BCUT2D eigenvalue weighted by atomic mass is 16.6. The zero-order valence-corrected chi connectivity index (χ0v) is 11.7. The van der Waals surface area contributed by atoms with Crippen LogP contribution in [0.15, 0.2) is 12.1 Å². The molecule has 1 heterocycles. The highest BCUT2D eigenvalue weighted by molar-refractivity contribution is 5.92. The summed E-state index contributed by atoms with van der Waals surface area (Å²) >= 11 is 0. The van der Waals surface area contributed by atoms with Crippen LogP contribution in [0.3, 0.4) is 0 Å². The van der Waals surface area contributed by atoms with E-state index in [1.54, 1.807) is 13.0 Å². The molecule has 1 amide bonds. The Morgan fingerprint density at radius 1 is 1.45 bits per heavy atom. The summed E-state index contributed by atoms with van der Waals surface area (Å²) in [5, 5.41) is 16.9. The smallest absolute Gasteiger partial charge is 0.274 e. The number of carbonyl (C=O) groups excluding carboxylic acids is 1. The number of amides is 1. The summed E-state index contributed by atoms with van der Waals surface area (Å²) in [6, 6.07) is 3.17. The number of nitro groups is 1. The molecule has 6 nitrogen and oxygen atoms in total. The highest BCUT2D eigenvalue weighted by Gasteiger charge is 2.19. The topological polar surface area (TPSA) is 84.3 Å². The first-order chi connectivity index (χ1) is 9.47. The van der Waals surface area contributed by atoms with E-state index in [9.17, 15) is 14.9 Å². The van der Waals surface area contributed by atoms with Gasteiger partial charge < -0.3 is 10.6 Å². The first-order valence-electron chi connectivity index (χ1n) is 6.73. The van der Waals surface area contributed by atoms with Crippen molar-refractivity contribution < 1.29 is 9.72 Å². The fourth-order valence-corrected chi connectivity index (χ4v) is 2.52. The second-order valence-electron chi connectivity index (χ2n) is 5.32. The molecule has 0 spiro atoms. The molecule has 1 aliphatic heterocycles. The minimum absolute atomic E-state index is 0.0356.